The lowest BCUT2D eigenvalue weighted by molar-refractivity contribution is 0.0975. The molecule has 3 rings (SSSR count). The molecule has 1 atom stereocenters. The van der Waals surface area contributed by atoms with E-state index in [-0.39, 0.29) is 17.8 Å². The number of carbonyl (C=O) groups excluding carboxylic acids is 1. The molecule has 0 saturated carbocycles. The maximum absolute atomic E-state index is 13.4. The minimum Gasteiger partial charge on any atom is -0.497 e. The van der Waals surface area contributed by atoms with E-state index in [4.69, 9.17) is 4.74 Å². The minimum atomic E-state index is -0.259. The highest BCUT2D eigenvalue weighted by atomic mass is 19.1. The smallest absolute Gasteiger partial charge is 0.258 e. The van der Waals surface area contributed by atoms with Crippen LogP contribution in [0.2, 0.25) is 0 Å². The number of aryl methyl sites for hydroxylation is 1. The number of methoxy groups -OCH3 is 1. The monoisotopic (exact) mass is 299 g/mol. The normalized spacial score (nSPS) is 17.0. The number of carbonyl (C=O) groups is 1. The lowest BCUT2D eigenvalue weighted by Crippen LogP contribution is -2.42. The van der Waals surface area contributed by atoms with Crippen molar-refractivity contribution in [1.82, 2.24) is 0 Å². The van der Waals surface area contributed by atoms with E-state index >= 15 is 0 Å². The number of nitrogens with zero attached hydrogens (tertiary/aromatic N) is 1. The summed E-state index contributed by atoms with van der Waals surface area (Å²) >= 11 is 0. The molecule has 0 unspecified atom stereocenters. The van der Waals surface area contributed by atoms with E-state index in [1.807, 2.05) is 6.92 Å². The quantitative estimate of drug-likeness (QED) is 0.844. The average Bonchev–Trinajstić information content (AvgIpc) is 2.54. The molecule has 2 aromatic carbocycles. The van der Waals surface area contributed by atoms with Gasteiger partial charge in [-0.1, -0.05) is 0 Å². The van der Waals surface area contributed by atoms with E-state index < -0.39 is 0 Å². The van der Waals surface area contributed by atoms with Gasteiger partial charge in [0.2, 0.25) is 0 Å². The van der Waals surface area contributed by atoms with Gasteiger partial charge in [-0.15, -0.1) is 0 Å². The van der Waals surface area contributed by atoms with Crippen molar-refractivity contribution in [3.63, 3.8) is 0 Å². The Morgan fingerprint density at radius 3 is 2.64 bits per heavy atom. The molecule has 0 saturated heterocycles. The van der Waals surface area contributed by atoms with Gasteiger partial charge in [0.25, 0.3) is 5.91 Å². The van der Waals surface area contributed by atoms with Crippen LogP contribution in [0.3, 0.4) is 0 Å². The highest BCUT2D eigenvalue weighted by molar-refractivity contribution is 6.07. The first-order valence-electron chi connectivity index (χ1n) is 7.36. The number of hydrogen-bond acceptors (Lipinski definition) is 2. The van der Waals surface area contributed by atoms with Gasteiger partial charge in [-0.3, -0.25) is 4.79 Å². The Kier molecular flexibility index (Phi) is 3.84. The molecule has 0 N–H and O–H groups in total. The Bertz CT molecular complexity index is 697. The molecule has 0 radical (unpaired) electrons. The van der Waals surface area contributed by atoms with Crippen LogP contribution in [-0.4, -0.2) is 19.1 Å². The second-order valence-electron chi connectivity index (χ2n) is 5.56. The van der Waals surface area contributed by atoms with Crippen LogP contribution in [0, 0.1) is 5.82 Å². The average molecular weight is 299 g/mol. The standard InChI is InChI=1S/C18H18FNO2/c1-12-3-4-14-11-15(19)7-10-17(14)20(12)18(21)13-5-8-16(22-2)9-6-13/h5-12H,3-4H2,1-2H3/t12-/m0/s1. The van der Waals surface area contributed by atoms with Crippen LogP contribution >= 0.6 is 0 Å². The summed E-state index contributed by atoms with van der Waals surface area (Å²) in [6.45, 7) is 2.02. The number of ether oxygens (including phenoxy) is 1. The first-order chi connectivity index (χ1) is 10.6. The summed E-state index contributed by atoms with van der Waals surface area (Å²) in [7, 11) is 1.59. The molecule has 114 valence electrons. The molecule has 1 heterocycles. The maximum atomic E-state index is 13.4. The lowest BCUT2D eigenvalue weighted by Gasteiger charge is -2.35. The number of anilines is 1. The van der Waals surface area contributed by atoms with Crippen molar-refractivity contribution < 1.29 is 13.9 Å². The molecular weight excluding hydrogens is 281 g/mol. The molecule has 0 aromatic heterocycles. The fraction of sp³-hybridized carbons (Fsp3) is 0.278. The zero-order valence-corrected chi connectivity index (χ0v) is 12.7. The molecule has 2 aromatic rings. The number of amides is 1. The minimum absolute atomic E-state index is 0.0669. The maximum Gasteiger partial charge on any atom is 0.258 e. The first-order valence-corrected chi connectivity index (χ1v) is 7.36. The van der Waals surface area contributed by atoms with Crippen molar-refractivity contribution in [3.05, 3.63) is 59.4 Å². The third-order valence-corrected chi connectivity index (χ3v) is 4.13. The van der Waals surface area contributed by atoms with Crippen LogP contribution < -0.4 is 9.64 Å². The van der Waals surface area contributed by atoms with Gasteiger partial charge in [-0.2, -0.15) is 0 Å². The molecule has 0 bridgehead atoms. The van der Waals surface area contributed by atoms with Crippen molar-refractivity contribution >= 4 is 11.6 Å². The summed E-state index contributed by atoms with van der Waals surface area (Å²) in [6.07, 6.45) is 1.62. The van der Waals surface area contributed by atoms with Crippen LogP contribution in [0.5, 0.6) is 5.75 Å². The van der Waals surface area contributed by atoms with E-state index in [9.17, 15) is 9.18 Å². The van der Waals surface area contributed by atoms with E-state index in [0.717, 1.165) is 24.1 Å². The van der Waals surface area contributed by atoms with Crippen LogP contribution in [-0.2, 0) is 6.42 Å². The van der Waals surface area contributed by atoms with Crippen molar-refractivity contribution in [2.45, 2.75) is 25.8 Å². The van der Waals surface area contributed by atoms with Crippen molar-refractivity contribution in [3.8, 4) is 5.75 Å². The fourth-order valence-electron chi connectivity index (χ4n) is 2.90. The second-order valence-corrected chi connectivity index (χ2v) is 5.56. The molecule has 4 heteroatoms. The predicted octanol–water partition coefficient (Wildman–Crippen LogP) is 3.82. The van der Waals surface area contributed by atoms with Gasteiger partial charge in [0.1, 0.15) is 11.6 Å². The summed E-state index contributed by atoms with van der Waals surface area (Å²) in [5.74, 6) is 0.388. The molecule has 0 aliphatic carbocycles. The van der Waals surface area contributed by atoms with E-state index in [1.54, 1.807) is 42.3 Å². The lowest BCUT2D eigenvalue weighted by atomic mass is 9.95. The summed E-state index contributed by atoms with van der Waals surface area (Å²) in [5, 5.41) is 0. The Balaban J connectivity index is 1.97. The van der Waals surface area contributed by atoms with Gasteiger partial charge < -0.3 is 9.64 Å². The predicted molar refractivity (Wildman–Crippen MR) is 84.0 cm³/mol. The van der Waals surface area contributed by atoms with Gasteiger partial charge in [0, 0.05) is 17.3 Å². The number of benzene rings is 2. The van der Waals surface area contributed by atoms with E-state index in [1.165, 1.54) is 12.1 Å². The molecule has 1 aliphatic heterocycles. The van der Waals surface area contributed by atoms with Gasteiger partial charge in [-0.25, -0.2) is 4.39 Å². The Labute approximate surface area is 129 Å². The van der Waals surface area contributed by atoms with Crippen LogP contribution in [0.1, 0.15) is 29.3 Å². The Hall–Kier alpha value is -2.36. The van der Waals surface area contributed by atoms with Crippen LogP contribution in [0.4, 0.5) is 10.1 Å². The van der Waals surface area contributed by atoms with Gasteiger partial charge in [0.15, 0.2) is 0 Å². The SMILES string of the molecule is COc1ccc(C(=O)N2c3ccc(F)cc3CC[C@@H]2C)cc1. The van der Waals surface area contributed by atoms with Gasteiger partial charge in [-0.05, 0) is 67.8 Å². The summed E-state index contributed by atoms with van der Waals surface area (Å²) in [6, 6.07) is 11.8. The zero-order chi connectivity index (χ0) is 15.7. The van der Waals surface area contributed by atoms with Crippen molar-refractivity contribution in [1.29, 1.82) is 0 Å². The number of halogens is 1. The van der Waals surface area contributed by atoms with Gasteiger partial charge >= 0.3 is 0 Å². The summed E-state index contributed by atoms with van der Waals surface area (Å²) in [4.78, 5) is 14.6. The molecular formula is C18H18FNO2. The second kappa shape index (κ2) is 5.79. The van der Waals surface area contributed by atoms with Crippen LogP contribution in [0.15, 0.2) is 42.5 Å². The Morgan fingerprint density at radius 2 is 1.95 bits per heavy atom. The van der Waals surface area contributed by atoms with E-state index in [0.29, 0.717) is 11.3 Å². The zero-order valence-electron chi connectivity index (χ0n) is 12.7. The molecule has 0 fully saturated rings. The molecule has 1 aliphatic rings. The largest absolute Gasteiger partial charge is 0.497 e. The highest BCUT2D eigenvalue weighted by Crippen LogP contribution is 2.32. The fourth-order valence-corrected chi connectivity index (χ4v) is 2.90. The molecule has 22 heavy (non-hydrogen) atoms. The summed E-state index contributed by atoms with van der Waals surface area (Å²) in [5.41, 5.74) is 2.30. The van der Waals surface area contributed by atoms with Crippen LogP contribution in [0.25, 0.3) is 0 Å². The first kappa shape index (κ1) is 14.6. The third-order valence-electron chi connectivity index (χ3n) is 4.13. The molecule has 0 spiro atoms. The van der Waals surface area contributed by atoms with Gasteiger partial charge in [0.05, 0.1) is 7.11 Å². The highest BCUT2D eigenvalue weighted by Gasteiger charge is 2.29. The number of rotatable bonds is 2. The summed E-state index contributed by atoms with van der Waals surface area (Å²) < 4.78 is 18.5. The number of fused-ring (bicyclic) bond motifs is 1. The number of hydrogen-bond donors (Lipinski definition) is 0. The molecule has 1 amide bonds. The topological polar surface area (TPSA) is 29.5 Å². The molecule has 3 nitrogen and oxygen atoms in total. The Morgan fingerprint density at radius 1 is 1.23 bits per heavy atom. The third kappa shape index (κ3) is 2.56. The van der Waals surface area contributed by atoms with Crippen molar-refractivity contribution in [2.75, 3.05) is 12.0 Å². The van der Waals surface area contributed by atoms with Crippen molar-refractivity contribution in [2.24, 2.45) is 0 Å². The van der Waals surface area contributed by atoms with E-state index in [2.05, 4.69) is 0 Å².